The first-order chi connectivity index (χ1) is 16.2. The minimum atomic E-state index is -0.220. The van der Waals surface area contributed by atoms with Crippen LogP contribution >= 0.6 is 0 Å². The summed E-state index contributed by atoms with van der Waals surface area (Å²) >= 11 is 0. The van der Waals surface area contributed by atoms with Crippen molar-refractivity contribution in [2.75, 3.05) is 13.7 Å². The molecule has 0 saturated carbocycles. The monoisotopic (exact) mass is 437 g/mol. The fourth-order valence-corrected chi connectivity index (χ4v) is 4.17. The van der Waals surface area contributed by atoms with Crippen LogP contribution < -0.4 is 15.6 Å². The molecule has 0 aliphatic carbocycles. The molecule has 6 nitrogen and oxygen atoms in total. The molecule has 2 heterocycles. The summed E-state index contributed by atoms with van der Waals surface area (Å²) in [4.78, 5) is 29.7. The molecular weight excluding hydrogens is 414 g/mol. The maximum atomic E-state index is 13.2. The SMILES string of the molecule is COc1cccc(-n2cc(C(=O)NCCc3c[nH]c4ccccc34)c3ccccc3c2=O)c1. The summed E-state index contributed by atoms with van der Waals surface area (Å²) in [5.41, 5.74) is 3.13. The van der Waals surface area contributed by atoms with Gasteiger partial charge in [0.1, 0.15) is 5.75 Å². The zero-order chi connectivity index (χ0) is 22.8. The molecule has 0 unspecified atom stereocenters. The summed E-state index contributed by atoms with van der Waals surface area (Å²) < 4.78 is 6.80. The molecule has 1 amide bonds. The molecule has 5 aromatic rings. The normalized spacial score (nSPS) is 11.1. The van der Waals surface area contributed by atoms with Gasteiger partial charge in [0.05, 0.1) is 18.4 Å². The number of H-pyrrole nitrogens is 1. The molecule has 0 aliphatic rings. The molecule has 164 valence electrons. The summed E-state index contributed by atoms with van der Waals surface area (Å²) in [6, 6.07) is 22.5. The number of ether oxygens (including phenoxy) is 1. The summed E-state index contributed by atoms with van der Waals surface area (Å²) in [7, 11) is 1.58. The lowest BCUT2D eigenvalue weighted by Gasteiger charge is -2.13. The first-order valence-electron chi connectivity index (χ1n) is 10.8. The Labute approximate surface area is 190 Å². The average molecular weight is 437 g/mol. The van der Waals surface area contributed by atoms with Crippen LogP contribution in [0.3, 0.4) is 0 Å². The first-order valence-corrected chi connectivity index (χ1v) is 10.8. The van der Waals surface area contributed by atoms with E-state index in [1.165, 1.54) is 4.57 Å². The van der Waals surface area contributed by atoms with Crippen LogP contribution in [0.1, 0.15) is 15.9 Å². The van der Waals surface area contributed by atoms with E-state index in [0.29, 0.717) is 40.7 Å². The van der Waals surface area contributed by atoms with Gasteiger partial charge in [-0.15, -0.1) is 0 Å². The number of rotatable bonds is 6. The molecule has 33 heavy (non-hydrogen) atoms. The van der Waals surface area contributed by atoms with Crippen molar-refractivity contribution in [2.24, 2.45) is 0 Å². The summed E-state index contributed by atoms with van der Waals surface area (Å²) in [5, 5.41) is 5.30. The number of nitrogens with one attached hydrogen (secondary N) is 2. The molecule has 0 atom stereocenters. The van der Waals surface area contributed by atoms with E-state index in [0.717, 1.165) is 16.5 Å². The highest BCUT2D eigenvalue weighted by atomic mass is 16.5. The highest BCUT2D eigenvalue weighted by Crippen LogP contribution is 2.21. The van der Waals surface area contributed by atoms with E-state index in [9.17, 15) is 9.59 Å². The highest BCUT2D eigenvalue weighted by Gasteiger charge is 2.16. The molecule has 0 bridgehead atoms. The van der Waals surface area contributed by atoms with Crippen molar-refractivity contribution >= 4 is 27.6 Å². The molecule has 2 aromatic heterocycles. The lowest BCUT2D eigenvalue weighted by Crippen LogP contribution is -2.28. The standard InChI is InChI=1S/C27H23N3O3/c1-33-20-8-6-7-19(15-20)30-17-24(22-10-2-3-11-23(22)27(30)32)26(31)28-14-13-18-16-29-25-12-5-4-9-21(18)25/h2-12,15-17,29H,13-14H2,1H3,(H,28,31). The number of aromatic amines is 1. The second kappa shape index (κ2) is 8.67. The molecular formula is C27H23N3O3. The lowest BCUT2D eigenvalue weighted by atomic mass is 10.1. The van der Waals surface area contributed by atoms with Crippen LogP contribution in [0.4, 0.5) is 0 Å². The lowest BCUT2D eigenvalue weighted by molar-refractivity contribution is 0.0955. The fourth-order valence-electron chi connectivity index (χ4n) is 4.17. The number of hydrogen-bond acceptors (Lipinski definition) is 3. The van der Waals surface area contributed by atoms with E-state index < -0.39 is 0 Å². The van der Waals surface area contributed by atoms with Crippen LogP contribution in [-0.2, 0) is 6.42 Å². The van der Waals surface area contributed by atoms with Gasteiger partial charge in [-0.05, 0) is 36.2 Å². The van der Waals surface area contributed by atoms with Gasteiger partial charge < -0.3 is 15.0 Å². The Morgan fingerprint density at radius 3 is 2.55 bits per heavy atom. The van der Waals surface area contributed by atoms with Crippen molar-refractivity contribution in [3.63, 3.8) is 0 Å². The van der Waals surface area contributed by atoms with Crippen LogP contribution in [0.5, 0.6) is 5.75 Å². The third-order valence-corrected chi connectivity index (χ3v) is 5.86. The van der Waals surface area contributed by atoms with Gasteiger partial charge in [0, 0.05) is 46.7 Å². The summed E-state index contributed by atoms with van der Waals surface area (Å²) in [6.07, 6.45) is 4.29. The largest absolute Gasteiger partial charge is 0.497 e. The Balaban J connectivity index is 1.47. The van der Waals surface area contributed by atoms with E-state index in [2.05, 4.69) is 16.4 Å². The molecule has 0 spiro atoms. The zero-order valence-electron chi connectivity index (χ0n) is 18.2. The van der Waals surface area contributed by atoms with Crippen molar-refractivity contribution < 1.29 is 9.53 Å². The van der Waals surface area contributed by atoms with Crippen LogP contribution in [0.2, 0.25) is 0 Å². The number of fused-ring (bicyclic) bond motifs is 2. The Kier molecular flexibility index (Phi) is 5.40. The van der Waals surface area contributed by atoms with Gasteiger partial charge in [-0.2, -0.15) is 0 Å². The van der Waals surface area contributed by atoms with E-state index in [1.807, 2.05) is 48.7 Å². The maximum absolute atomic E-state index is 13.2. The Morgan fingerprint density at radius 1 is 0.970 bits per heavy atom. The Bertz CT molecular complexity index is 1530. The van der Waals surface area contributed by atoms with E-state index in [-0.39, 0.29) is 11.5 Å². The van der Waals surface area contributed by atoms with E-state index >= 15 is 0 Å². The number of hydrogen-bond donors (Lipinski definition) is 2. The van der Waals surface area contributed by atoms with Crippen molar-refractivity contribution in [3.8, 4) is 11.4 Å². The summed E-state index contributed by atoms with van der Waals surface area (Å²) in [5.74, 6) is 0.417. The molecule has 0 radical (unpaired) electrons. The number of benzene rings is 3. The van der Waals surface area contributed by atoms with Crippen molar-refractivity contribution in [1.82, 2.24) is 14.9 Å². The van der Waals surface area contributed by atoms with Gasteiger partial charge in [-0.1, -0.05) is 42.5 Å². The highest BCUT2D eigenvalue weighted by molar-refractivity contribution is 6.06. The van der Waals surface area contributed by atoms with Gasteiger partial charge in [-0.25, -0.2) is 0 Å². The number of carbonyl (C=O) groups is 1. The number of amides is 1. The maximum Gasteiger partial charge on any atom is 0.262 e. The molecule has 2 N–H and O–H groups in total. The van der Waals surface area contributed by atoms with Gasteiger partial charge in [0.25, 0.3) is 11.5 Å². The minimum Gasteiger partial charge on any atom is -0.497 e. The van der Waals surface area contributed by atoms with E-state index in [1.54, 1.807) is 37.6 Å². The number of carbonyl (C=O) groups excluding carboxylic acids is 1. The van der Waals surface area contributed by atoms with E-state index in [4.69, 9.17) is 4.74 Å². The number of aromatic nitrogens is 2. The predicted molar refractivity (Wildman–Crippen MR) is 130 cm³/mol. The second-order valence-corrected chi connectivity index (χ2v) is 7.83. The topological polar surface area (TPSA) is 76.1 Å². The number of pyridine rings is 1. The van der Waals surface area contributed by atoms with Crippen LogP contribution in [0, 0.1) is 0 Å². The van der Waals surface area contributed by atoms with Gasteiger partial charge in [-0.3, -0.25) is 14.2 Å². The fraction of sp³-hybridized carbons (Fsp3) is 0.111. The summed E-state index contributed by atoms with van der Waals surface area (Å²) in [6.45, 7) is 0.479. The second-order valence-electron chi connectivity index (χ2n) is 7.83. The van der Waals surface area contributed by atoms with Gasteiger partial charge in [0.15, 0.2) is 0 Å². The number of methoxy groups -OCH3 is 1. The van der Waals surface area contributed by atoms with Crippen LogP contribution in [0.15, 0.2) is 90.0 Å². The zero-order valence-corrected chi connectivity index (χ0v) is 18.2. The number of nitrogens with zero attached hydrogens (tertiary/aromatic N) is 1. The molecule has 3 aromatic carbocycles. The Morgan fingerprint density at radius 2 is 1.73 bits per heavy atom. The molecule has 0 aliphatic heterocycles. The third kappa shape index (κ3) is 3.87. The van der Waals surface area contributed by atoms with Crippen LogP contribution in [0.25, 0.3) is 27.4 Å². The smallest absolute Gasteiger partial charge is 0.262 e. The van der Waals surface area contributed by atoms with Crippen LogP contribution in [-0.4, -0.2) is 29.1 Å². The van der Waals surface area contributed by atoms with Gasteiger partial charge >= 0.3 is 0 Å². The first kappa shape index (κ1) is 20.6. The third-order valence-electron chi connectivity index (χ3n) is 5.86. The quantitative estimate of drug-likeness (QED) is 0.412. The molecule has 5 rings (SSSR count). The molecule has 0 fully saturated rings. The predicted octanol–water partition coefficient (Wildman–Crippen LogP) is 4.45. The van der Waals surface area contributed by atoms with Crippen molar-refractivity contribution in [3.05, 3.63) is 107 Å². The minimum absolute atomic E-state index is 0.186. The molecule has 6 heteroatoms. The average Bonchev–Trinajstić information content (AvgIpc) is 3.27. The Hall–Kier alpha value is -4.32. The van der Waals surface area contributed by atoms with Gasteiger partial charge in [0.2, 0.25) is 0 Å². The van der Waals surface area contributed by atoms with Crippen molar-refractivity contribution in [2.45, 2.75) is 6.42 Å². The number of para-hydroxylation sites is 1. The van der Waals surface area contributed by atoms with Crippen molar-refractivity contribution in [1.29, 1.82) is 0 Å². The molecule has 0 saturated heterocycles.